The molecule has 4 heteroatoms. The van der Waals surface area contributed by atoms with E-state index in [0.717, 1.165) is 25.8 Å². The lowest BCUT2D eigenvalue weighted by Gasteiger charge is -2.04. The monoisotopic (exact) mass is 270 g/mol. The zero-order chi connectivity index (χ0) is 12.3. The molecule has 3 N–H and O–H groups in total. The van der Waals surface area contributed by atoms with Gasteiger partial charge in [0.25, 0.3) is 0 Å². The van der Waals surface area contributed by atoms with Crippen LogP contribution in [0.5, 0.6) is 0 Å². The van der Waals surface area contributed by atoms with Gasteiger partial charge in [-0.2, -0.15) is 0 Å². The van der Waals surface area contributed by atoms with Crippen LogP contribution in [0.3, 0.4) is 0 Å². The fourth-order valence-corrected chi connectivity index (χ4v) is 1.72. The molecule has 1 amide bonds. The van der Waals surface area contributed by atoms with Crippen LogP contribution < -0.4 is 11.1 Å². The van der Waals surface area contributed by atoms with E-state index in [1.165, 1.54) is 12.0 Å². The molecule has 0 atom stereocenters. The smallest absolute Gasteiger partial charge is 0.221 e. The van der Waals surface area contributed by atoms with Gasteiger partial charge in [-0.1, -0.05) is 36.8 Å². The van der Waals surface area contributed by atoms with Crippen molar-refractivity contribution in [1.82, 2.24) is 5.32 Å². The largest absolute Gasteiger partial charge is 0.356 e. The number of nitrogens with two attached hydrogens (primary N) is 1. The highest BCUT2D eigenvalue weighted by Crippen LogP contribution is 2.05. The Morgan fingerprint density at radius 2 is 1.83 bits per heavy atom. The van der Waals surface area contributed by atoms with Crippen LogP contribution in [-0.2, 0) is 11.2 Å². The molecule has 0 aliphatic carbocycles. The molecule has 18 heavy (non-hydrogen) atoms. The minimum Gasteiger partial charge on any atom is -0.356 e. The predicted molar refractivity (Wildman–Crippen MR) is 77.9 cm³/mol. The first-order chi connectivity index (χ1) is 8.33. The summed E-state index contributed by atoms with van der Waals surface area (Å²) in [6, 6.07) is 10.5. The molecule has 0 fully saturated rings. The summed E-state index contributed by atoms with van der Waals surface area (Å²) >= 11 is 0. The van der Waals surface area contributed by atoms with Crippen LogP contribution in [0.1, 0.15) is 31.2 Å². The lowest BCUT2D eigenvalue weighted by Crippen LogP contribution is -2.26. The minimum atomic E-state index is 0. The van der Waals surface area contributed by atoms with E-state index in [4.69, 9.17) is 5.73 Å². The highest BCUT2D eigenvalue weighted by Gasteiger charge is 1.97. The van der Waals surface area contributed by atoms with Gasteiger partial charge < -0.3 is 11.1 Å². The fourth-order valence-electron chi connectivity index (χ4n) is 1.72. The maximum atomic E-state index is 11.1. The molecule has 0 spiro atoms. The Morgan fingerprint density at radius 1 is 1.11 bits per heavy atom. The van der Waals surface area contributed by atoms with Gasteiger partial charge in [0.1, 0.15) is 0 Å². The minimum absolute atomic E-state index is 0. The molecule has 0 aliphatic rings. The summed E-state index contributed by atoms with van der Waals surface area (Å²) in [7, 11) is 0. The van der Waals surface area contributed by atoms with E-state index in [1.54, 1.807) is 0 Å². The second kappa shape index (κ2) is 11.1. The van der Waals surface area contributed by atoms with E-state index in [0.29, 0.717) is 13.0 Å². The summed E-state index contributed by atoms with van der Waals surface area (Å²) in [5.41, 5.74) is 6.67. The van der Waals surface area contributed by atoms with Gasteiger partial charge in [0.2, 0.25) is 5.91 Å². The molecular formula is C14H23ClN2O. The Hall–Kier alpha value is -1.06. The van der Waals surface area contributed by atoms with Crippen LogP contribution in [0, 0.1) is 0 Å². The molecule has 0 saturated carbocycles. The van der Waals surface area contributed by atoms with Crippen LogP contribution in [0.25, 0.3) is 0 Å². The van der Waals surface area contributed by atoms with Gasteiger partial charge >= 0.3 is 0 Å². The molecule has 3 nitrogen and oxygen atoms in total. The molecule has 1 aromatic rings. The van der Waals surface area contributed by atoms with E-state index in [-0.39, 0.29) is 18.3 Å². The molecule has 0 saturated heterocycles. The van der Waals surface area contributed by atoms with Crippen molar-refractivity contribution >= 4 is 18.3 Å². The van der Waals surface area contributed by atoms with Gasteiger partial charge in [-0.15, -0.1) is 12.4 Å². The summed E-state index contributed by atoms with van der Waals surface area (Å²) in [4.78, 5) is 11.1. The van der Waals surface area contributed by atoms with Crippen molar-refractivity contribution in [1.29, 1.82) is 0 Å². The average molecular weight is 271 g/mol. The highest BCUT2D eigenvalue weighted by atomic mass is 35.5. The molecule has 0 bridgehead atoms. The van der Waals surface area contributed by atoms with Crippen molar-refractivity contribution in [2.24, 2.45) is 5.73 Å². The molecule has 102 valence electrons. The quantitative estimate of drug-likeness (QED) is 0.712. The SMILES string of the molecule is Cl.NCCC(=O)NCCCCCc1ccccc1. The van der Waals surface area contributed by atoms with Crippen LogP contribution in [0.4, 0.5) is 0 Å². The van der Waals surface area contributed by atoms with Gasteiger partial charge in [0, 0.05) is 19.5 Å². The average Bonchev–Trinajstić information content (AvgIpc) is 2.35. The number of nitrogens with one attached hydrogen (secondary N) is 1. The van der Waals surface area contributed by atoms with Crippen LogP contribution in [0.2, 0.25) is 0 Å². The molecule has 1 aromatic carbocycles. The molecule has 1 rings (SSSR count). The first-order valence-electron chi connectivity index (χ1n) is 6.33. The molecule has 0 heterocycles. The molecule has 0 aromatic heterocycles. The van der Waals surface area contributed by atoms with E-state index in [1.807, 2.05) is 6.07 Å². The number of hydrogen-bond acceptors (Lipinski definition) is 2. The molecule has 0 aliphatic heterocycles. The summed E-state index contributed by atoms with van der Waals surface area (Å²) in [6.45, 7) is 1.20. The van der Waals surface area contributed by atoms with Gasteiger partial charge in [0.15, 0.2) is 0 Å². The van der Waals surface area contributed by atoms with Crippen LogP contribution in [-0.4, -0.2) is 19.0 Å². The number of carbonyl (C=O) groups is 1. The number of benzene rings is 1. The second-order valence-electron chi connectivity index (χ2n) is 4.18. The lowest BCUT2D eigenvalue weighted by molar-refractivity contribution is -0.120. The summed E-state index contributed by atoms with van der Waals surface area (Å²) in [5.74, 6) is 0.0653. The number of halogens is 1. The zero-order valence-corrected chi connectivity index (χ0v) is 11.5. The van der Waals surface area contributed by atoms with Gasteiger partial charge in [-0.05, 0) is 24.8 Å². The Kier molecular flexibility index (Phi) is 10.4. The van der Waals surface area contributed by atoms with E-state index >= 15 is 0 Å². The third kappa shape index (κ3) is 8.09. The molecule has 0 unspecified atom stereocenters. The number of hydrogen-bond donors (Lipinski definition) is 2. The number of unbranched alkanes of at least 4 members (excludes halogenated alkanes) is 2. The fraction of sp³-hybridized carbons (Fsp3) is 0.500. The maximum absolute atomic E-state index is 11.1. The number of aryl methyl sites for hydroxylation is 1. The third-order valence-corrected chi connectivity index (χ3v) is 2.68. The third-order valence-electron chi connectivity index (χ3n) is 2.68. The van der Waals surface area contributed by atoms with Crippen molar-refractivity contribution in [2.75, 3.05) is 13.1 Å². The van der Waals surface area contributed by atoms with E-state index in [2.05, 4.69) is 29.6 Å². The summed E-state index contributed by atoms with van der Waals surface area (Å²) in [5, 5.41) is 2.86. The van der Waals surface area contributed by atoms with Crippen LogP contribution >= 0.6 is 12.4 Å². The van der Waals surface area contributed by atoms with Gasteiger partial charge in [-0.3, -0.25) is 4.79 Å². The Labute approximate surface area is 116 Å². The Bertz CT molecular complexity index is 317. The van der Waals surface area contributed by atoms with Gasteiger partial charge in [-0.25, -0.2) is 0 Å². The normalized spacial score (nSPS) is 9.61. The zero-order valence-electron chi connectivity index (χ0n) is 10.7. The topological polar surface area (TPSA) is 55.1 Å². The first-order valence-corrected chi connectivity index (χ1v) is 6.33. The number of rotatable bonds is 8. The van der Waals surface area contributed by atoms with E-state index in [9.17, 15) is 4.79 Å². The number of amides is 1. The Morgan fingerprint density at radius 3 is 2.50 bits per heavy atom. The number of carbonyl (C=O) groups excluding carboxylic acids is 1. The second-order valence-corrected chi connectivity index (χ2v) is 4.18. The van der Waals surface area contributed by atoms with Crippen molar-refractivity contribution < 1.29 is 4.79 Å². The Balaban J connectivity index is 0.00000289. The summed E-state index contributed by atoms with van der Waals surface area (Å²) < 4.78 is 0. The molecular weight excluding hydrogens is 248 g/mol. The van der Waals surface area contributed by atoms with Crippen LogP contribution in [0.15, 0.2) is 30.3 Å². The van der Waals surface area contributed by atoms with Crippen molar-refractivity contribution in [3.8, 4) is 0 Å². The van der Waals surface area contributed by atoms with Crippen molar-refractivity contribution in [3.63, 3.8) is 0 Å². The lowest BCUT2D eigenvalue weighted by atomic mass is 10.1. The standard InChI is InChI=1S/C14H22N2O.ClH/c15-11-10-14(17)16-12-6-2-5-9-13-7-3-1-4-8-13;/h1,3-4,7-8H,2,5-6,9-12,15H2,(H,16,17);1H. The molecule has 0 radical (unpaired) electrons. The van der Waals surface area contributed by atoms with Crippen molar-refractivity contribution in [2.45, 2.75) is 32.1 Å². The predicted octanol–water partition coefficient (Wildman–Crippen LogP) is 2.29. The maximum Gasteiger partial charge on any atom is 0.221 e. The van der Waals surface area contributed by atoms with Gasteiger partial charge in [0.05, 0.1) is 0 Å². The van der Waals surface area contributed by atoms with E-state index < -0.39 is 0 Å². The highest BCUT2D eigenvalue weighted by molar-refractivity contribution is 5.85. The van der Waals surface area contributed by atoms with Crippen molar-refractivity contribution in [3.05, 3.63) is 35.9 Å². The first kappa shape index (κ1) is 16.9. The summed E-state index contributed by atoms with van der Waals surface area (Å²) in [6.07, 6.45) is 4.93.